The fraction of sp³-hybridized carbons (Fsp3) is 0.353. The van der Waals surface area contributed by atoms with E-state index in [9.17, 15) is 13.2 Å². The Morgan fingerprint density at radius 2 is 2.00 bits per heavy atom. The fourth-order valence-electron chi connectivity index (χ4n) is 2.17. The maximum atomic E-state index is 13.2. The molecule has 2 aromatic rings. The van der Waals surface area contributed by atoms with E-state index in [1.807, 2.05) is 6.92 Å². The molecule has 0 unspecified atom stereocenters. The molecule has 0 atom stereocenters. The van der Waals surface area contributed by atoms with Gasteiger partial charge in [0, 0.05) is 6.54 Å². The number of furan rings is 1. The van der Waals surface area contributed by atoms with Crippen molar-refractivity contribution < 1.29 is 22.3 Å². The van der Waals surface area contributed by atoms with Crippen molar-refractivity contribution in [3.05, 3.63) is 53.5 Å². The van der Waals surface area contributed by atoms with Gasteiger partial charge in [-0.2, -0.15) is 13.2 Å². The highest BCUT2D eigenvalue weighted by Gasteiger charge is 2.33. The predicted octanol–water partition coefficient (Wildman–Crippen LogP) is 4.18. The van der Waals surface area contributed by atoms with Crippen LogP contribution in [0, 0.1) is 0 Å². The van der Waals surface area contributed by atoms with E-state index in [1.54, 1.807) is 18.4 Å². The molecule has 5 nitrogen and oxygen atoms in total. The topological polar surface area (TPSA) is 58.8 Å². The predicted molar refractivity (Wildman–Crippen MR) is 104 cm³/mol. The molecule has 0 radical (unpaired) electrons. The lowest BCUT2D eigenvalue weighted by Crippen LogP contribution is -2.36. The maximum absolute atomic E-state index is 13.2. The first-order chi connectivity index (χ1) is 11.9. The molecule has 144 valence electrons. The summed E-state index contributed by atoms with van der Waals surface area (Å²) < 4.78 is 49.8. The zero-order chi connectivity index (χ0) is 18.3. The third-order valence-electron chi connectivity index (χ3n) is 3.38. The summed E-state index contributed by atoms with van der Waals surface area (Å²) in [5.74, 6) is 1.26. The van der Waals surface area contributed by atoms with E-state index in [1.165, 1.54) is 19.2 Å². The number of halogens is 4. The van der Waals surface area contributed by atoms with Crippen LogP contribution < -0.4 is 15.4 Å². The number of benzene rings is 1. The van der Waals surface area contributed by atoms with Gasteiger partial charge in [-0.25, -0.2) is 4.99 Å². The average Bonchev–Trinajstić information content (AvgIpc) is 3.10. The molecule has 0 amide bonds. The molecule has 0 spiro atoms. The monoisotopic (exact) mass is 483 g/mol. The number of ether oxygens (including phenoxy) is 1. The molecule has 0 aliphatic carbocycles. The molecule has 0 aliphatic rings. The molecule has 2 rings (SSSR count). The van der Waals surface area contributed by atoms with Gasteiger partial charge in [0.2, 0.25) is 0 Å². The molecule has 1 aromatic carbocycles. The Labute approximate surface area is 167 Å². The molecular weight excluding hydrogens is 462 g/mol. The minimum Gasteiger partial charge on any atom is -0.497 e. The second-order valence-corrected chi connectivity index (χ2v) is 5.15. The van der Waals surface area contributed by atoms with Crippen molar-refractivity contribution in [2.24, 2.45) is 4.99 Å². The van der Waals surface area contributed by atoms with Gasteiger partial charge in [-0.15, -0.1) is 24.0 Å². The second kappa shape index (κ2) is 10.3. The van der Waals surface area contributed by atoms with Gasteiger partial charge in [-0.1, -0.05) is 6.07 Å². The van der Waals surface area contributed by atoms with E-state index in [-0.39, 0.29) is 41.8 Å². The van der Waals surface area contributed by atoms with E-state index >= 15 is 0 Å². The summed E-state index contributed by atoms with van der Waals surface area (Å²) in [4.78, 5) is 4.22. The zero-order valence-electron chi connectivity index (χ0n) is 14.4. The van der Waals surface area contributed by atoms with Crippen molar-refractivity contribution in [2.45, 2.75) is 26.2 Å². The average molecular weight is 483 g/mol. The third kappa shape index (κ3) is 6.43. The Balaban J connectivity index is 0.00000338. The number of methoxy groups -OCH3 is 1. The number of alkyl halides is 3. The van der Waals surface area contributed by atoms with Gasteiger partial charge in [0.15, 0.2) is 5.96 Å². The van der Waals surface area contributed by atoms with Gasteiger partial charge < -0.3 is 19.8 Å². The van der Waals surface area contributed by atoms with Crippen molar-refractivity contribution in [3.63, 3.8) is 0 Å². The normalized spacial score (nSPS) is 11.7. The van der Waals surface area contributed by atoms with Crippen LogP contribution in [0.2, 0.25) is 0 Å². The summed E-state index contributed by atoms with van der Waals surface area (Å²) in [5, 5.41) is 6.00. The largest absolute Gasteiger partial charge is 0.497 e. The van der Waals surface area contributed by atoms with Crippen molar-refractivity contribution in [1.29, 1.82) is 0 Å². The summed E-state index contributed by atoms with van der Waals surface area (Å²) in [6.07, 6.45) is -2.92. The van der Waals surface area contributed by atoms with Gasteiger partial charge in [0.25, 0.3) is 0 Å². The van der Waals surface area contributed by atoms with Gasteiger partial charge in [0.05, 0.1) is 32.0 Å². The fourth-order valence-corrected chi connectivity index (χ4v) is 2.17. The molecule has 2 N–H and O–H groups in total. The Morgan fingerprint density at radius 1 is 1.23 bits per heavy atom. The summed E-state index contributed by atoms with van der Waals surface area (Å²) in [5.41, 5.74) is -0.680. The van der Waals surface area contributed by atoms with Gasteiger partial charge in [-0.3, -0.25) is 0 Å². The van der Waals surface area contributed by atoms with Crippen molar-refractivity contribution in [1.82, 2.24) is 10.6 Å². The smallest absolute Gasteiger partial charge is 0.416 e. The Bertz CT molecular complexity index is 704. The second-order valence-electron chi connectivity index (χ2n) is 5.15. The molecule has 9 heteroatoms. The third-order valence-corrected chi connectivity index (χ3v) is 3.38. The minimum atomic E-state index is -4.47. The molecule has 1 heterocycles. The lowest BCUT2D eigenvalue weighted by Gasteiger charge is -2.14. The van der Waals surface area contributed by atoms with E-state index in [2.05, 4.69) is 15.6 Å². The van der Waals surface area contributed by atoms with Crippen LogP contribution in [0.15, 0.2) is 46.0 Å². The van der Waals surface area contributed by atoms with E-state index in [0.717, 1.165) is 6.07 Å². The summed E-state index contributed by atoms with van der Waals surface area (Å²) in [7, 11) is 1.33. The molecule has 0 aliphatic heterocycles. The summed E-state index contributed by atoms with van der Waals surface area (Å²) in [6.45, 7) is 2.72. The SMILES string of the molecule is CCNC(=NCc1ccc(OC)cc1C(F)(F)F)NCc1ccco1.I. The van der Waals surface area contributed by atoms with Gasteiger partial charge in [0.1, 0.15) is 11.5 Å². The Morgan fingerprint density at radius 3 is 2.58 bits per heavy atom. The molecule has 0 fully saturated rings. The molecule has 26 heavy (non-hydrogen) atoms. The number of rotatable bonds is 6. The van der Waals surface area contributed by atoms with Crippen LogP contribution in [0.3, 0.4) is 0 Å². The number of hydrogen-bond donors (Lipinski definition) is 2. The number of aliphatic imine (C=N–C) groups is 1. The van der Waals surface area contributed by atoms with Crippen molar-refractivity contribution in [2.75, 3.05) is 13.7 Å². The highest BCUT2D eigenvalue weighted by Crippen LogP contribution is 2.34. The van der Waals surface area contributed by atoms with Crippen molar-refractivity contribution in [3.8, 4) is 5.75 Å². The molecule has 1 aromatic heterocycles. The van der Waals surface area contributed by atoms with Crippen LogP contribution in [-0.2, 0) is 19.3 Å². The molecule has 0 bridgehead atoms. The van der Waals surface area contributed by atoms with Crippen LogP contribution in [0.5, 0.6) is 5.75 Å². The van der Waals surface area contributed by atoms with Crippen LogP contribution >= 0.6 is 24.0 Å². The number of nitrogens with zero attached hydrogens (tertiary/aromatic N) is 1. The van der Waals surface area contributed by atoms with Gasteiger partial charge >= 0.3 is 6.18 Å². The van der Waals surface area contributed by atoms with E-state index in [0.29, 0.717) is 24.8 Å². The van der Waals surface area contributed by atoms with Crippen molar-refractivity contribution >= 4 is 29.9 Å². The first-order valence-corrected chi connectivity index (χ1v) is 7.72. The number of hydrogen-bond acceptors (Lipinski definition) is 3. The minimum absolute atomic E-state index is 0. The lowest BCUT2D eigenvalue weighted by atomic mass is 10.1. The summed E-state index contributed by atoms with van der Waals surface area (Å²) >= 11 is 0. The van der Waals surface area contributed by atoms with Gasteiger partial charge in [-0.05, 0) is 36.8 Å². The lowest BCUT2D eigenvalue weighted by molar-refractivity contribution is -0.138. The van der Waals surface area contributed by atoms with Crippen LogP contribution in [-0.4, -0.2) is 19.6 Å². The van der Waals surface area contributed by atoms with Crippen LogP contribution in [0.4, 0.5) is 13.2 Å². The van der Waals surface area contributed by atoms with Crippen LogP contribution in [0.25, 0.3) is 0 Å². The quantitative estimate of drug-likeness (QED) is 0.368. The molecule has 0 saturated carbocycles. The Hall–Kier alpha value is -1.91. The molecular formula is C17H21F3IN3O2. The van der Waals surface area contributed by atoms with Crippen LogP contribution in [0.1, 0.15) is 23.8 Å². The zero-order valence-corrected chi connectivity index (χ0v) is 16.7. The highest BCUT2D eigenvalue weighted by atomic mass is 127. The highest BCUT2D eigenvalue weighted by molar-refractivity contribution is 14.0. The standard InChI is InChI=1S/C17H20F3N3O2.HI/c1-3-21-16(23-11-14-5-4-8-25-14)22-10-12-6-7-13(24-2)9-15(12)17(18,19)20;/h4-9H,3,10-11H2,1-2H3,(H2,21,22,23);1H. The molecule has 0 saturated heterocycles. The van der Waals surface area contributed by atoms with E-state index < -0.39 is 11.7 Å². The number of guanidine groups is 1. The first-order valence-electron chi connectivity index (χ1n) is 7.72. The number of nitrogens with one attached hydrogen (secondary N) is 2. The Kier molecular flexibility index (Phi) is 8.76. The summed E-state index contributed by atoms with van der Waals surface area (Å²) in [6, 6.07) is 7.40. The maximum Gasteiger partial charge on any atom is 0.416 e. The first kappa shape index (κ1) is 22.1. The van der Waals surface area contributed by atoms with E-state index in [4.69, 9.17) is 9.15 Å².